The highest BCUT2D eigenvalue weighted by atomic mass is 35.5. The SMILES string of the molecule is CCC(=O)N=CCCC(CCN1CCOCC1)(c1ccccc1)c1ccccc1.Cl. The van der Waals surface area contributed by atoms with Gasteiger partial charge in [0.1, 0.15) is 0 Å². The lowest BCUT2D eigenvalue weighted by Crippen LogP contribution is -2.40. The number of rotatable bonds is 9. The molecule has 1 amide bonds. The van der Waals surface area contributed by atoms with Crippen molar-refractivity contribution in [1.82, 2.24) is 4.90 Å². The summed E-state index contributed by atoms with van der Waals surface area (Å²) >= 11 is 0. The van der Waals surface area contributed by atoms with Gasteiger partial charge in [-0.2, -0.15) is 0 Å². The Balaban J connectivity index is 0.00000320. The van der Waals surface area contributed by atoms with E-state index in [1.807, 2.05) is 6.92 Å². The zero-order valence-electron chi connectivity index (χ0n) is 17.8. The number of ether oxygens (including phenoxy) is 1. The number of nitrogens with zero attached hydrogens (tertiary/aromatic N) is 2. The lowest BCUT2D eigenvalue weighted by Gasteiger charge is -2.38. The molecule has 4 nitrogen and oxygen atoms in total. The van der Waals surface area contributed by atoms with E-state index in [-0.39, 0.29) is 23.7 Å². The van der Waals surface area contributed by atoms with Crippen LogP contribution in [0.25, 0.3) is 0 Å². The first-order chi connectivity index (χ1) is 14.2. The van der Waals surface area contributed by atoms with E-state index >= 15 is 0 Å². The maximum Gasteiger partial charge on any atom is 0.245 e. The number of carbonyl (C=O) groups is 1. The Morgan fingerprint density at radius 2 is 1.57 bits per heavy atom. The molecule has 162 valence electrons. The second-order valence-corrected chi connectivity index (χ2v) is 7.62. The molecule has 1 aliphatic rings. The fraction of sp³-hybridized carbons (Fsp3) is 0.440. The van der Waals surface area contributed by atoms with Crippen LogP contribution in [0, 0.1) is 0 Å². The zero-order valence-corrected chi connectivity index (χ0v) is 18.7. The van der Waals surface area contributed by atoms with E-state index in [2.05, 4.69) is 70.6 Å². The van der Waals surface area contributed by atoms with E-state index in [4.69, 9.17) is 4.74 Å². The minimum Gasteiger partial charge on any atom is -0.379 e. The zero-order chi connectivity index (χ0) is 20.4. The van der Waals surface area contributed by atoms with E-state index < -0.39 is 0 Å². The van der Waals surface area contributed by atoms with Crippen molar-refractivity contribution in [2.75, 3.05) is 32.8 Å². The topological polar surface area (TPSA) is 41.9 Å². The van der Waals surface area contributed by atoms with Gasteiger partial charge < -0.3 is 4.74 Å². The molecule has 3 rings (SSSR count). The number of hydrogen-bond donors (Lipinski definition) is 0. The van der Waals surface area contributed by atoms with Crippen LogP contribution < -0.4 is 0 Å². The first kappa shape index (κ1) is 24.3. The van der Waals surface area contributed by atoms with Crippen LogP contribution in [0.5, 0.6) is 0 Å². The molecule has 0 unspecified atom stereocenters. The lowest BCUT2D eigenvalue weighted by atomic mass is 9.69. The second kappa shape index (κ2) is 12.6. The number of hydrogen-bond acceptors (Lipinski definition) is 3. The van der Waals surface area contributed by atoms with Crippen molar-refractivity contribution in [2.24, 2.45) is 4.99 Å². The van der Waals surface area contributed by atoms with Crippen LogP contribution in [-0.2, 0) is 14.9 Å². The van der Waals surface area contributed by atoms with Crippen LogP contribution in [0.2, 0.25) is 0 Å². The van der Waals surface area contributed by atoms with Crippen molar-refractivity contribution >= 4 is 24.5 Å². The second-order valence-electron chi connectivity index (χ2n) is 7.62. The Labute approximate surface area is 186 Å². The molecular weight excluding hydrogens is 396 g/mol. The van der Waals surface area contributed by atoms with Gasteiger partial charge in [0.05, 0.1) is 13.2 Å². The van der Waals surface area contributed by atoms with Gasteiger partial charge in [-0.15, -0.1) is 12.4 Å². The van der Waals surface area contributed by atoms with Crippen LogP contribution in [-0.4, -0.2) is 49.9 Å². The standard InChI is InChI=1S/C25H32N2O2.ClH/c1-2-24(28)26-16-9-14-25(22-10-5-3-6-11-22,23-12-7-4-8-13-23)15-17-27-18-20-29-21-19-27;/h3-8,10-13,16H,2,9,14-15,17-21H2,1H3;1H. The molecule has 2 aromatic carbocycles. The van der Waals surface area contributed by atoms with Gasteiger partial charge in [-0.25, -0.2) is 4.99 Å². The maximum absolute atomic E-state index is 11.6. The summed E-state index contributed by atoms with van der Waals surface area (Å²) in [6.07, 6.45) is 4.98. The van der Waals surface area contributed by atoms with E-state index in [0.717, 1.165) is 52.1 Å². The number of aliphatic imine (C=N–C) groups is 1. The molecule has 0 radical (unpaired) electrons. The normalized spacial score (nSPS) is 15.1. The van der Waals surface area contributed by atoms with Crippen LogP contribution in [0.3, 0.4) is 0 Å². The highest BCUT2D eigenvalue weighted by Crippen LogP contribution is 2.40. The lowest BCUT2D eigenvalue weighted by molar-refractivity contribution is -0.117. The van der Waals surface area contributed by atoms with E-state index in [1.54, 1.807) is 6.21 Å². The maximum atomic E-state index is 11.6. The first-order valence-electron chi connectivity index (χ1n) is 10.7. The fourth-order valence-corrected chi connectivity index (χ4v) is 4.13. The smallest absolute Gasteiger partial charge is 0.245 e. The quantitative estimate of drug-likeness (QED) is 0.533. The van der Waals surface area contributed by atoms with E-state index in [9.17, 15) is 4.79 Å². The monoisotopic (exact) mass is 428 g/mol. The van der Waals surface area contributed by atoms with Gasteiger partial charge in [0.2, 0.25) is 5.91 Å². The summed E-state index contributed by atoms with van der Waals surface area (Å²) in [6.45, 7) is 6.49. The van der Waals surface area contributed by atoms with Crippen LogP contribution in [0.4, 0.5) is 0 Å². The van der Waals surface area contributed by atoms with Crippen LogP contribution in [0.15, 0.2) is 65.7 Å². The summed E-state index contributed by atoms with van der Waals surface area (Å²) in [7, 11) is 0. The molecule has 1 saturated heterocycles. The first-order valence-corrected chi connectivity index (χ1v) is 10.7. The number of halogens is 1. The largest absolute Gasteiger partial charge is 0.379 e. The average molecular weight is 429 g/mol. The van der Waals surface area contributed by atoms with Gasteiger partial charge in [-0.1, -0.05) is 67.6 Å². The summed E-state index contributed by atoms with van der Waals surface area (Å²) < 4.78 is 5.52. The van der Waals surface area contributed by atoms with Gasteiger partial charge in [-0.3, -0.25) is 9.69 Å². The molecule has 0 atom stereocenters. The molecule has 0 aromatic heterocycles. The molecule has 30 heavy (non-hydrogen) atoms. The summed E-state index contributed by atoms with van der Waals surface area (Å²) in [5.41, 5.74) is 2.55. The van der Waals surface area contributed by atoms with Crippen molar-refractivity contribution in [1.29, 1.82) is 0 Å². The Bertz CT molecular complexity index is 735. The van der Waals surface area contributed by atoms with Gasteiger partial charge >= 0.3 is 0 Å². The summed E-state index contributed by atoms with van der Waals surface area (Å²) in [4.78, 5) is 18.2. The molecule has 0 spiro atoms. The minimum atomic E-state index is -0.109. The predicted octanol–water partition coefficient (Wildman–Crippen LogP) is 4.90. The molecule has 0 N–H and O–H groups in total. The summed E-state index contributed by atoms with van der Waals surface area (Å²) in [6, 6.07) is 21.6. The fourth-order valence-electron chi connectivity index (χ4n) is 4.13. The Morgan fingerprint density at radius 1 is 1.00 bits per heavy atom. The highest BCUT2D eigenvalue weighted by Gasteiger charge is 2.34. The Morgan fingerprint density at radius 3 is 2.10 bits per heavy atom. The number of carbonyl (C=O) groups excluding carboxylic acids is 1. The summed E-state index contributed by atoms with van der Waals surface area (Å²) in [5, 5.41) is 0. The van der Waals surface area contributed by atoms with Gasteiger partial charge in [-0.05, 0) is 36.9 Å². The van der Waals surface area contributed by atoms with Gasteiger partial charge in [0.15, 0.2) is 0 Å². The third-order valence-corrected chi connectivity index (χ3v) is 5.85. The van der Waals surface area contributed by atoms with Crippen LogP contribution in [0.1, 0.15) is 43.7 Å². The summed E-state index contributed by atoms with van der Waals surface area (Å²) in [5.74, 6) is -0.0525. The molecule has 0 saturated carbocycles. The molecule has 1 heterocycles. The molecule has 5 heteroatoms. The molecular formula is C25H33ClN2O2. The minimum absolute atomic E-state index is 0. The molecule has 2 aromatic rings. The molecule has 1 fully saturated rings. The van der Waals surface area contributed by atoms with Gasteiger partial charge in [0, 0.05) is 31.1 Å². The highest BCUT2D eigenvalue weighted by molar-refractivity contribution is 5.85. The van der Waals surface area contributed by atoms with Crippen molar-refractivity contribution < 1.29 is 9.53 Å². The van der Waals surface area contributed by atoms with Crippen molar-refractivity contribution in [3.8, 4) is 0 Å². The van der Waals surface area contributed by atoms with Crippen molar-refractivity contribution in [2.45, 2.75) is 38.0 Å². The van der Waals surface area contributed by atoms with Crippen molar-refractivity contribution in [3.05, 3.63) is 71.8 Å². The number of benzene rings is 2. The van der Waals surface area contributed by atoms with E-state index in [1.165, 1.54) is 11.1 Å². The molecule has 1 aliphatic heterocycles. The Kier molecular flexibility index (Phi) is 10.2. The van der Waals surface area contributed by atoms with Gasteiger partial charge in [0.25, 0.3) is 0 Å². The van der Waals surface area contributed by atoms with Crippen molar-refractivity contribution in [3.63, 3.8) is 0 Å². The third-order valence-electron chi connectivity index (χ3n) is 5.85. The third kappa shape index (κ3) is 6.49. The molecule has 0 bridgehead atoms. The van der Waals surface area contributed by atoms with Crippen LogP contribution >= 0.6 is 12.4 Å². The number of amides is 1. The van der Waals surface area contributed by atoms with E-state index in [0.29, 0.717) is 6.42 Å². The molecule has 0 aliphatic carbocycles. The number of morpholine rings is 1. The predicted molar refractivity (Wildman–Crippen MR) is 126 cm³/mol. The Hall–Kier alpha value is -2.01. The average Bonchev–Trinajstić information content (AvgIpc) is 2.80.